The van der Waals surface area contributed by atoms with Gasteiger partial charge in [0, 0.05) is 7.05 Å². The number of halogens is 2. The number of aromatic nitrogens is 2. The van der Waals surface area contributed by atoms with Crippen molar-refractivity contribution < 1.29 is 9.90 Å². The minimum Gasteiger partial charge on any atom is -0.480 e. The van der Waals surface area contributed by atoms with E-state index in [2.05, 4.69) is 4.98 Å². The third kappa shape index (κ3) is 3.70. The Morgan fingerprint density at radius 3 is 2.33 bits per heavy atom. The van der Waals surface area contributed by atoms with Crippen LogP contribution in [0.1, 0.15) is 11.7 Å². The summed E-state index contributed by atoms with van der Waals surface area (Å²) in [5, 5.41) is 8.96. The molecule has 1 heterocycles. The van der Waals surface area contributed by atoms with Gasteiger partial charge in [0.1, 0.15) is 6.04 Å². The first-order chi connectivity index (χ1) is 6.04. The molecule has 0 fully saturated rings. The molecule has 0 aliphatic rings. The summed E-state index contributed by atoms with van der Waals surface area (Å²) < 4.78 is 1.71. The average Bonchev–Trinajstić information content (AvgIpc) is 2.35. The molecule has 0 amide bonds. The minimum absolute atomic E-state index is 0. The Kier molecular flexibility index (Phi) is 7.39. The van der Waals surface area contributed by atoms with Gasteiger partial charge in [-0.05, 0) is 14.1 Å². The summed E-state index contributed by atoms with van der Waals surface area (Å²) in [7, 11) is 5.24. The number of carbonyl (C=O) groups is 1. The maximum atomic E-state index is 10.9. The summed E-state index contributed by atoms with van der Waals surface area (Å²) in [5.41, 5.74) is 0.678. The van der Waals surface area contributed by atoms with Gasteiger partial charge in [-0.1, -0.05) is 0 Å². The molecule has 7 heteroatoms. The number of hydrogen-bond acceptors (Lipinski definition) is 3. The van der Waals surface area contributed by atoms with Crippen molar-refractivity contribution >= 4 is 30.8 Å². The van der Waals surface area contributed by atoms with Crippen LogP contribution in [0.4, 0.5) is 0 Å². The largest absolute Gasteiger partial charge is 0.480 e. The number of likely N-dealkylation sites (N-methyl/N-ethyl adjacent to an activating group) is 1. The van der Waals surface area contributed by atoms with Gasteiger partial charge in [-0.25, -0.2) is 4.98 Å². The number of carboxylic acids is 1. The summed E-state index contributed by atoms with van der Waals surface area (Å²) in [4.78, 5) is 16.4. The molecule has 0 saturated heterocycles. The lowest BCUT2D eigenvalue weighted by Crippen LogP contribution is -2.28. The van der Waals surface area contributed by atoms with E-state index in [0.29, 0.717) is 5.69 Å². The minimum atomic E-state index is -0.867. The molecule has 1 aromatic heterocycles. The number of nitrogens with zero attached hydrogens (tertiary/aromatic N) is 3. The van der Waals surface area contributed by atoms with Crippen molar-refractivity contribution in [3.05, 3.63) is 18.2 Å². The molecule has 15 heavy (non-hydrogen) atoms. The Hall–Kier alpha value is -0.780. The second-order valence-electron chi connectivity index (χ2n) is 3.13. The van der Waals surface area contributed by atoms with Crippen molar-refractivity contribution in [3.8, 4) is 0 Å². The highest BCUT2D eigenvalue weighted by Crippen LogP contribution is 2.16. The normalized spacial score (nSPS) is 11.5. The predicted octanol–water partition coefficient (Wildman–Crippen LogP) is 0.951. The fraction of sp³-hybridized carbons (Fsp3) is 0.500. The molecule has 0 bridgehead atoms. The summed E-state index contributed by atoms with van der Waals surface area (Å²) in [6.45, 7) is 0. The Morgan fingerprint density at radius 2 is 2.07 bits per heavy atom. The number of aryl methyl sites for hydroxylation is 1. The molecule has 88 valence electrons. The zero-order chi connectivity index (χ0) is 10.0. The zero-order valence-electron chi connectivity index (χ0n) is 8.75. The average molecular weight is 256 g/mol. The first-order valence-electron chi connectivity index (χ1n) is 3.89. The van der Waals surface area contributed by atoms with E-state index in [4.69, 9.17) is 5.11 Å². The van der Waals surface area contributed by atoms with Crippen LogP contribution in [0.25, 0.3) is 0 Å². The van der Waals surface area contributed by atoms with E-state index in [9.17, 15) is 4.79 Å². The van der Waals surface area contributed by atoms with Gasteiger partial charge in [-0.2, -0.15) is 0 Å². The molecular weight excluding hydrogens is 241 g/mol. The van der Waals surface area contributed by atoms with Crippen molar-refractivity contribution in [2.24, 2.45) is 7.05 Å². The van der Waals surface area contributed by atoms with Crippen LogP contribution in [-0.4, -0.2) is 39.6 Å². The number of carboxylic acid groups (broad SMARTS) is 1. The third-order valence-electron chi connectivity index (χ3n) is 1.88. The summed E-state index contributed by atoms with van der Waals surface area (Å²) in [6.07, 6.45) is 3.16. The molecule has 1 rings (SSSR count). The summed E-state index contributed by atoms with van der Waals surface area (Å²) >= 11 is 0. The highest BCUT2D eigenvalue weighted by atomic mass is 35.5. The molecule has 0 saturated carbocycles. The van der Waals surface area contributed by atoms with Crippen molar-refractivity contribution in [2.45, 2.75) is 6.04 Å². The topological polar surface area (TPSA) is 58.4 Å². The molecular formula is C8H15Cl2N3O2. The van der Waals surface area contributed by atoms with E-state index in [-0.39, 0.29) is 24.8 Å². The molecule has 1 atom stereocenters. The van der Waals surface area contributed by atoms with Gasteiger partial charge in [0.05, 0.1) is 18.2 Å². The Bertz CT molecular complexity index is 315. The first kappa shape index (κ1) is 16.6. The molecule has 1 unspecified atom stereocenters. The van der Waals surface area contributed by atoms with Crippen LogP contribution in [0.2, 0.25) is 0 Å². The maximum Gasteiger partial charge on any atom is 0.327 e. The van der Waals surface area contributed by atoms with Crippen LogP contribution in [0.3, 0.4) is 0 Å². The maximum absolute atomic E-state index is 10.9. The lowest BCUT2D eigenvalue weighted by molar-refractivity contribution is -0.142. The molecule has 1 aromatic rings. The van der Waals surface area contributed by atoms with Gasteiger partial charge in [0.2, 0.25) is 0 Å². The van der Waals surface area contributed by atoms with Gasteiger partial charge in [0.15, 0.2) is 0 Å². The van der Waals surface area contributed by atoms with E-state index < -0.39 is 12.0 Å². The van der Waals surface area contributed by atoms with E-state index in [1.807, 2.05) is 0 Å². The molecule has 0 aromatic carbocycles. The van der Waals surface area contributed by atoms with E-state index in [1.54, 1.807) is 43.1 Å². The van der Waals surface area contributed by atoms with Gasteiger partial charge in [-0.15, -0.1) is 24.8 Å². The van der Waals surface area contributed by atoms with Gasteiger partial charge in [0.25, 0.3) is 0 Å². The second-order valence-corrected chi connectivity index (χ2v) is 3.13. The highest BCUT2D eigenvalue weighted by Gasteiger charge is 2.24. The van der Waals surface area contributed by atoms with Crippen LogP contribution in [0.5, 0.6) is 0 Å². The Labute approximate surface area is 101 Å². The van der Waals surface area contributed by atoms with E-state index in [0.717, 1.165) is 0 Å². The quantitative estimate of drug-likeness (QED) is 0.874. The number of rotatable bonds is 3. The second kappa shape index (κ2) is 6.66. The van der Waals surface area contributed by atoms with Crippen LogP contribution in [-0.2, 0) is 11.8 Å². The monoisotopic (exact) mass is 255 g/mol. The summed E-state index contributed by atoms with van der Waals surface area (Å²) in [6, 6.07) is -0.632. The first-order valence-corrected chi connectivity index (χ1v) is 3.89. The van der Waals surface area contributed by atoms with Crippen LogP contribution < -0.4 is 0 Å². The van der Waals surface area contributed by atoms with E-state index >= 15 is 0 Å². The van der Waals surface area contributed by atoms with Crippen molar-refractivity contribution in [1.82, 2.24) is 14.5 Å². The van der Waals surface area contributed by atoms with Gasteiger partial charge in [-0.3, -0.25) is 9.69 Å². The standard InChI is InChI=1S/C8H13N3O2.2ClH/c1-10(2)7(8(12)13)6-4-9-5-11(6)3;;/h4-5,7H,1-3H3,(H,12,13);2*1H. The molecule has 0 radical (unpaired) electrons. The van der Waals surface area contributed by atoms with Crippen molar-refractivity contribution in [2.75, 3.05) is 14.1 Å². The number of aliphatic carboxylic acids is 1. The van der Waals surface area contributed by atoms with Crippen LogP contribution in [0.15, 0.2) is 12.5 Å². The SMILES string of the molecule is CN(C)C(C(=O)O)c1cncn1C.Cl.Cl. The van der Waals surface area contributed by atoms with Gasteiger partial charge >= 0.3 is 5.97 Å². The van der Waals surface area contributed by atoms with Crippen molar-refractivity contribution in [3.63, 3.8) is 0 Å². The third-order valence-corrected chi connectivity index (χ3v) is 1.88. The van der Waals surface area contributed by atoms with E-state index in [1.165, 1.54) is 0 Å². The Balaban J connectivity index is 0. The van der Waals surface area contributed by atoms with Crippen LogP contribution >= 0.6 is 24.8 Å². The molecule has 0 spiro atoms. The van der Waals surface area contributed by atoms with Crippen LogP contribution in [0, 0.1) is 0 Å². The fourth-order valence-corrected chi connectivity index (χ4v) is 1.24. The molecule has 5 nitrogen and oxygen atoms in total. The number of hydrogen-bond donors (Lipinski definition) is 1. The van der Waals surface area contributed by atoms with Gasteiger partial charge < -0.3 is 9.67 Å². The zero-order valence-corrected chi connectivity index (χ0v) is 10.4. The molecule has 0 aliphatic heterocycles. The fourth-order valence-electron chi connectivity index (χ4n) is 1.24. The summed E-state index contributed by atoms with van der Waals surface area (Å²) in [5.74, 6) is -0.867. The van der Waals surface area contributed by atoms with Crippen molar-refractivity contribution in [1.29, 1.82) is 0 Å². The number of imidazole rings is 1. The lowest BCUT2D eigenvalue weighted by atomic mass is 10.2. The highest BCUT2D eigenvalue weighted by molar-refractivity contribution is 5.85. The molecule has 0 aliphatic carbocycles. The molecule has 1 N–H and O–H groups in total. The Morgan fingerprint density at radius 1 is 1.53 bits per heavy atom. The predicted molar refractivity (Wildman–Crippen MR) is 61.8 cm³/mol. The lowest BCUT2D eigenvalue weighted by Gasteiger charge is -2.19. The smallest absolute Gasteiger partial charge is 0.327 e.